The van der Waals surface area contributed by atoms with Gasteiger partial charge in [-0.2, -0.15) is 4.31 Å². The van der Waals surface area contributed by atoms with Crippen LogP contribution in [0.15, 0.2) is 35.2 Å². The quantitative estimate of drug-likeness (QED) is 0.546. The normalized spacial score (nSPS) is 15.1. The Morgan fingerprint density at radius 2 is 2.00 bits per heavy atom. The predicted octanol–water partition coefficient (Wildman–Crippen LogP) is 4.85. The molecule has 1 aromatic heterocycles. The zero-order chi connectivity index (χ0) is 21.6. The molecule has 1 N–H and O–H groups in total. The summed E-state index contributed by atoms with van der Waals surface area (Å²) in [6, 6.07) is 8.56. The molecule has 0 unspecified atom stereocenters. The summed E-state index contributed by atoms with van der Waals surface area (Å²) in [5.74, 6) is 1.08. The number of nitrogens with zero attached hydrogens (tertiary/aromatic N) is 1. The lowest BCUT2D eigenvalue weighted by Crippen LogP contribution is -2.35. The zero-order valence-corrected chi connectivity index (χ0v) is 19.9. The highest BCUT2D eigenvalue weighted by Crippen LogP contribution is 2.31. The highest BCUT2D eigenvalue weighted by atomic mass is 35.5. The van der Waals surface area contributed by atoms with Crippen molar-refractivity contribution in [2.75, 3.05) is 30.8 Å². The van der Waals surface area contributed by atoms with Crippen molar-refractivity contribution in [2.45, 2.75) is 36.8 Å². The smallest absolute Gasteiger partial charge is 0.246 e. The molecule has 0 saturated carbocycles. The zero-order valence-electron chi connectivity index (χ0n) is 16.7. The SMILES string of the molecule is CCOc1ccc(NC(=O)CSCc2ccc(Cl)s2)cc1S(=O)(=O)N1CCCCC1. The molecule has 1 aliphatic heterocycles. The van der Waals surface area contributed by atoms with E-state index in [1.807, 2.05) is 19.1 Å². The van der Waals surface area contributed by atoms with Crippen molar-refractivity contribution in [3.8, 4) is 5.75 Å². The molecular formula is C20H25ClN2O4S3. The van der Waals surface area contributed by atoms with Crippen molar-refractivity contribution in [2.24, 2.45) is 0 Å². The molecule has 6 nitrogen and oxygen atoms in total. The van der Waals surface area contributed by atoms with E-state index in [9.17, 15) is 13.2 Å². The van der Waals surface area contributed by atoms with E-state index in [4.69, 9.17) is 16.3 Å². The van der Waals surface area contributed by atoms with Gasteiger partial charge in [-0.3, -0.25) is 4.79 Å². The second kappa shape index (κ2) is 10.9. The fraction of sp³-hybridized carbons (Fsp3) is 0.450. The molecule has 3 rings (SSSR count). The Balaban J connectivity index is 1.69. The summed E-state index contributed by atoms with van der Waals surface area (Å²) < 4.78 is 34.1. The van der Waals surface area contributed by atoms with Gasteiger partial charge in [-0.1, -0.05) is 18.0 Å². The molecular weight excluding hydrogens is 464 g/mol. The average Bonchev–Trinajstić information content (AvgIpc) is 3.15. The Morgan fingerprint density at radius 3 is 2.67 bits per heavy atom. The van der Waals surface area contributed by atoms with Gasteiger partial charge < -0.3 is 10.1 Å². The van der Waals surface area contributed by atoms with E-state index >= 15 is 0 Å². The van der Waals surface area contributed by atoms with E-state index in [1.54, 1.807) is 12.1 Å². The van der Waals surface area contributed by atoms with Crippen molar-refractivity contribution in [3.05, 3.63) is 39.5 Å². The van der Waals surface area contributed by atoms with Crippen LogP contribution in [0.25, 0.3) is 0 Å². The van der Waals surface area contributed by atoms with Crippen LogP contribution in [0.4, 0.5) is 5.69 Å². The van der Waals surface area contributed by atoms with Crippen LogP contribution in [0.3, 0.4) is 0 Å². The first kappa shape index (κ1) is 23.4. The summed E-state index contributed by atoms with van der Waals surface area (Å²) in [6.07, 6.45) is 2.74. The molecule has 1 saturated heterocycles. The van der Waals surface area contributed by atoms with Gasteiger partial charge >= 0.3 is 0 Å². The van der Waals surface area contributed by atoms with Crippen LogP contribution in [0.1, 0.15) is 31.1 Å². The van der Waals surface area contributed by atoms with Crippen LogP contribution in [0.2, 0.25) is 4.34 Å². The minimum Gasteiger partial charge on any atom is -0.492 e. The van der Waals surface area contributed by atoms with Crippen molar-refractivity contribution < 1.29 is 17.9 Å². The number of anilines is 1. The van der Waals surface area contributed by atoms with Crippen molar-refractivity contribution in [1.29, 1.82) is 0 Å². The lowest BCUT2D eigenvalue weighted by Gasteiger charge is -2.27. The number of carbonyl (C=O) groups excluding carboxylic acids is 1. The minimum atomic E-state index is -3.68. The molecule has 0 aliphatic carbocycles. The Bertz CT molecular complexity index is 972. The first-order chi connectivity index (χ1) is 14.4. The molecule has 1 fully saturated rings. The summed E-state index contributed by atoms with van der Waals surface area (Å²) in [5.41, 5.74) is 0.443. The van der Waals surface area contributed by atoms with Crippen LogP contribution in [0.5, 0.6) is 5.75 Å². The van der Waals surface area contributed by atoms with Gasteiger partial charge in [-0.15, -0.1) is 23.1 Å². The van der Waals surface area contributed by atoms with Gasteiger partial charge in [0.1, 0.15) is 10.6 Å². The third-order valence-electron chi connectivity index (χ3n) is 4.57. The number of sulfonamides is 1. The summed E-state index contributed by atoms with van der Waals surface area (Å²) in [7, 11) is -3.68. The number of piperidine rings is 1. The Morgan fingerprint density at radius 1 is 1.23 bits per heavy atom. The summed E-state index contributed by atoms with van der Waals surface area (Å²) in [5, 5.41) is 2.80. The number of amides is 1. The Labute approximate surface area is 191 Å². The van der Waals surface area contributed by atoms with Crippen molar-refractivity contribution in [3.63, 3.8) is 0 Å². The molecule has 10 heteroatoms. The van der Waals surface area contributed by atoms with Gasteiger partial charge in [0.05, 0.1) is 16.7 Å². The van der Waals surface area contributed by atoms with Gasteiger partial charge in [-0.05, 0) is 50.1 Å². The van der Waals surface area contributed by atoms with Crippen LogP contribution in [-0.4, -0.2) is 44.1 Å². The van der Waals surface area contributed by atoms with Gasteiger partial charge in [0.15, 0.2) is 0 Å². The molecule has 2 aromatic rings. The number of hydrogen-bond donors (Lipinski definition) is 1. The van der Waals surface area contributed by atoms with Gasteiger partial charge in [0.25, 0.3) is 0 Å². The molecule has 0 radical (unpaired) electrons. The van der Waals surface area contributed by atoms with Crippen molar-refractivity contribution >= 4 is 56.3 Å². The van der Waals surface area contributed by atoms with Gasteiger partial charge in [-0.25, -0.2) is 8.42 Å². The average molecular weight is 489 g/mol. The van der Waals surface area contributed by atoms with E-state index < -0.39 is 10.0 Å². The minimum absolute atomic E-state index is 0.102. The number of thioether (sulfide) groups is 1. The van der Waals surface area contributed by atoms with E-state index in [2.05, 4.69) is 5.32 Å². The highest BCUT2D eigenvalue weighted by Gasteiger charge is 2.29. The molecule has 30 heavy (non-hydrogen) atoms. The molecule has 1 aromatic carbocycles. The monoisotopic (exact) mass is 488 g/mol. The van der Waals surface area contributed by atoms with E-state index in [0.29, 0.717) is 36.9 Å². The third-order valence-corrected chi connectivity index (χ3v) is 8.88. The fourth-order valence-corrected chi connectivity index (χ4v) is 6.88. The lowest BCUT2D eigenvalue weighted by atomic mass is 10.2. The van der Waals surface area contributed by atoms with Crippen molar-refractivity contribution in [1.82, 2.24) is 4.31 Å². The fourth-order valence-electron chi connectivity index (χ4n) is 3.18. The number of rotatable bonds is 9. The largest absolute Gasteiger partial charge is 0.492 e. The van der Waals surface area contributed by atoms with E-state index in [1.165, 1.54) is 33.5 Å². The molecule has 0 bridgehead atoms. The Kier molecular flexibility index (Phi) is 8.47. The van der Waals surface area contributed by atoms with Gasteiger partial charge in [0.2, 0.25) is 15.9 Å². The molecule has 2 heterocycles. The first-order valence-corrected chi connectivity index (χ1v) is 13.6. The van der Waals surface area contributed by atoms with Crippen LogP contribution in [0, 0.1) is 0 Å². The topological polar surface area (TPSA) is 75.7 Å². The van der Waals surface area contributed by atoms with Gasteiger partial charge in [0, 0.05) is 29.4 Å². The molecule has 1 amide bonds. The number of ether oxygens (including phenoxy) is 1. The van der Waals surface area contributed by atoms with Crippen LogP contribution < -0.4 is 10.1 Å². The maximum absolute atomic E-state index is 13.2. The maximum atomic E-state index is 13.2. The highest BCUT2D eigenvalue weighted by molar-refractivity contribution is 7.99. The molecule has 0 spiro atoms. The van der Waals surface area contributed by atoms with Crippen LogP contribution in [-0.2, 0) is 20.6 Å². The maximum Gasteiger partial charge on any atom is 0.246 e. The number of halogens is 1. The Hall–Kier alpha value is -1.26. The number of thiophene rings is 1. The second-order valence-electron chi connectivity index (χ2n) is 6.81. The number of nitrogens with one attached hydrogen (secondary N) is 1. The molecule has 164 valence electrons. The second-order valence-corrected chi connectivity index (χ2v) is 11.5. The summed E-state index contributed by atoms with van der Waals surface area (Å²) >= 11 is 8.89. The number of hydrogen-bond acceptors (Lipinski definition) is 6. The summed E-state index contributed by atoms with van der Waals surface area (Å²) in [4.78, 5) is 13.5. The first-order valence-electron chi connectivity index (χ1n) is 9.79. The summed E-state index contributed by atoms with van der Waals surface area (Å²) in [6.45, 7) is 3.18. The number of benzene rings is 1. The standard InChI is InChI=1S/C20H25ClN2O4S3/c1-2-27-17-8-6-15(12-18(17)30(25,26)23-10-4-3-5-11-23)22-20(24)14-28-13-16-7-9-19(21)29-16/h6-9,12H,2-5,10-11,13-14H2,1H3,(H,22,24). The van der Waals surface area contributed by atoms with E-state index in [-0.39, 0.29) is 16.6 Å². The predicted molar refractivity (Wildman–Crippen MR) is 124 cm³/mol. The van der Waals surface area contributed by atoms with Crippen LogP contribution >= 0.6 is 34.7 Å². The molecule has 0 atom stereocenters. The third kappa shape index (κ3) is 6.13. The van der Waals surface area contributed by atoms with E-state index in [0.717, 1.165) is 28.5 Å². The number of carbonyl (C=O) groups is 1. The molecule has 1 aliphatic rings. The lowest BCUT2D eigenvalue weighted by molar-refractivity contribution is -0.113.